The molecule has 35 heavy (non-hydrogen) atoms. The van der Waals surface area contributed by atoms with Gasteiger partial charge in [0.2, 0.25) is 0 Å². The molecule has 1 N–H and O–H groups in total. The topological polar surface area (TPSA) is 79.3 Å². The molecule has 5 rings (SSSR count). The first-order chi connectivity index (χ1) is 17.0. The zero-order valence-electron chi connectivity index (χ0n) is 21.5. The summed E-state index contributed by atoms with van der Waals surface area (Å²) in [5.41, 5.74) is 3.36. The van der Waals surface area contributed by atoms with Crippen LogP contribution in [0.4, 0.5) is 5.69 Å². The van der Waals surface area contributed by atoms with Crippen molar-refractivity contribution in [3.63, 3.8) is 0 Å². The molecule has 1 aromatic carbocycles. The molecule has 2 aromatic heterocycles. The average Bonchev–Trinajstić information content (AvgIpc) is 3.03. The van der Waals surface area contributed by atoms with Crippen LogP contribution in [0.15, 0.2) is 23.0 Å². The summed E-state index contributed by atoms with van der Waals surface area (Å²) in [4.78, 5) is 26.0. The Kier molecular flexibility index (Phi) is 6.82. The first-order valence-electron chi connectivity index (χ1n) is 13.0. The fourth-order valence-electron chi connectivity index (χ4n) is 5.86. The highest BCUT2D eigenvalue weighted by Gasteiger charge is 2.25. The summed E-state index contributed by atoms with van der Waals surface area (Å²) < 4.78 is 7.54. The maximum Gasteiger partial charge on any atom is 0.262 e. The highest BCUT2D eigenvalue weighted by Crippen LogP contribution is 2.36. The number of hydrogen-bond acceptors (Lipinski definition) is 6. The molecule has 0 bridgehead atoms. The van der Waals surface area contributed by atoms with Crippen molar-refractivity contribution in [1.82, 2.24) is 24.6 Å². The van der Waals surface area contributed by atoms with E-state index in [0.29, 0.717) is 34.6 Å². The highest BCUT2D eigenvalue weighted by molar-refractivity contribution is 5.81. The lowest BCUT2D eigenvalue weighted by Crippen LogP contribution is -2.41. The van der Waals surface area contributed by atoms with Crippen LogP contribution < -0.4 is 15.2 Å². The summed E-state index contributed by atoms with van der Waals surface area (Å²) in [5.74, 6) is 1.57. The van der Waals surface area contributed by atoms with E-state index in [4.69, 9.17) is 14.8 Å². The molecule has 1 aliphatic heterocycles. The molecule has 0 unspecified atom stereocenters. The van der Waals surface area contributed by atoms with E-state index in [2.05, 4.69) is 41.0 Å². The van der Waals surface area contributed by atoms with Crippen molar-refractivity contribution in [2.75, 3.05) is 39.2 Å². The van der Waals surface area contributed by atoms with E-state index in [1.165, 1.54) is 25.7 Å². The van der Waals surface area contributed by atoms with Gasteiger partial charge in [-0.2, -0.15) is 5.10 Å². The number of fused-ring (bicyclic) bond motifs is 1. The number of anilines is 1. The van der Waals surface area contributed by atoms with E-state index < -0.39 is 0 Å². The Bertz CT molecular complexity index is 1230. The molecule has 188 valence electrons. The van der Waals surface area contributed by atoms with Crippen molar-refractivity contribution < 1.29 is 4.74 Å². The number of methoxy groups -OCH3 is 1. The van der Waals surface area contributed by atoms with Gasteiger partial charge in [-0.05, 0) is 51.9 Å². The fraction of sp³-hybridized carbons (Fsp3) is 0.593. The van der Waals surface area contributed by atoms with Crippen LogP contribution in [0.2, 0.25) is 0 Å². The number of aryl methyl sites for hydroxylation is 1. The van der Waals surface area contributed by atoms with Gasteiger partial charge in [0.1, 0.15) is 17.0 Å². The van der Waals surface area contributed by atoms with E-state index in [0.717, 1.165) is 55.7 Å². The molecule has 8 heteroatoms. The van der Waals surface area contributed by atoms with Crippen molar-refractivity contribution in [2.45, 2.75) is 63.3 Å². The number of aromatic amines is 1. The van der Waals surface area contributed by atoms with Gasteiger partial charge in [-0.25, -0.2) is 9.67 Å². The molecular formula is C27H38N6O2. The lowest BCUT2D eigenvalue weighted by atomic mass is 9.95. The normalized spacial score (nSPS) is 18.4. The number of nitrogens with one attached hydrogen (secondary N) is 1. The predicted octanol–water partition coefficient (Wildman–Crippen LogP) is 4.30. The van der Waals surface area contributed by atoms with Crippen molar-refractivity contribution in [3.8, 4) is 17.1 Å². The van der Waals surface area contributed by atoms with E-state index >= 15 is 0 Å². The van der Waals surface area contributed by atoms with E-state index in [9.17, 15) is 4.79 Å². The highest BCUT2D eigenvalue weighted by atomic mass is 16.5. The largest absolute Gasteiger partial charge is 0.496 e. The molecule has 0 amide bonds. The Hall–Kier alpha value is -2.87. The van der Waals surface area contributed by atoms with Gasteiger partial charge >= 0.3 is 0 Å². The third kappa shape index (κ3) is 4.68. The van der Waals surface area contributed by atoms with Crippen molar-refractivity contribution in [3.05, 3.63) is 34.2 Å². The number of rotatable bonds is 5. The quantitative estimate of drug-likeness (QED) is 0.551. The van der Waals surface area contributed by atoms with Gasteiger partial charge in [0.05, 0.1) is 18.4 Å². The second kappa shape index (κ2) is 10.0. The monoisotopic (exact) mass is 478 g/mol. The predicted molar refractivity (Wildman–Crippen MR) is 140 cm³/mol. The number of aromatic nitrogens is 4. The smallest absolute Gasteiger partial charge is 0.262 e. The van der Waals surface area contributed by atoms with Gasteiger partial charge in [-0.15, -0.1) is 0 Å². The van der Waals surface area contributed by atoms with Crippen LogP contribution in [-0.2, 0) is 7.05 Å². The average molecular weight is 479 g/mol. The number of hydrogen-bond donors (Lipinski definition) is 1. The number of piperidine rings is 1. The van der Waals surface area contributed by atoms with E-state index in [-0.39, 0.29) is 5.56 Å². The molecule has 1 aliphatic carbocycles. The molecule has 2 fully saturated rings. The van der Waals surface area contributed by atoms with Crippen LogP contribution in [0.25, 0.3) is 22.4 Å². The van der Waals surface area contributed by atoms with Crippen molar-refractivity contribution >= 4 is 16.7 Å². The first kappa shape index (κ1) is 23.9. The summed E-state index contributed by atoms with van der Waals surface area (Å²) in [6, 6.07) is 6.82. The van der Waals surface area contributed by atoms with Gasteiger partial charge in [0, 0.05) is 43.9 Å². The number of ether oxygens (including phenoxy) is 1. The Morgan fingerprint density at radius 3 is 2.43 bits per heavy atom. The standard InChI is InChI=1S/C27H38N6O2/c1-31(2)19-13-15-33(16-14-19)20-11-12-21(22(17-20)35-4)25-28-26-23(27(34)29-25)24(30-32(26)3)18-9-7-5-6-8-10-18/h11-12,17-19H,5-10,13-16H2,1-4H3,(H,28,29,34). The molecule has 3 heterocycles. The Morgan fingerprint density at radius 1 is 1.06 bits per heavy atom. The van der Waals surface area contributed by atoms with Gasteiger partial charge in [-0.3, -0.25) is 4.79 Å². The summed E-state index contributed by atoms with van der Waals surface area (Å²) >= 11 is 0. The van der Waals surface area contributed by atoms with Crippen molar-refractivity contribution in [1.29, 1.82) is 0 Å². The van der Waals surface area contributed by atoms with Gasteiger partial charge in [0.15, 0.2) is 5.65 Å². The molecule has 0 atom stereocenters. The lowest BCUT2D eigenvalue weighted by molar-refractivity contribution is 0.249. The third-order valence-corrected chi connectivity index (χ3v) is 7.96. The van der Waals surface area contributed by atoms with Crippen LogP contribution in [0, 0.1) is 0 Å². The number of nitrogens with zero attached hydrogens (tertiary/aromatic N) is 5. The number of H-pyrrole nitrogens is 1. The minimum atomic E-state index is -0.116. The zero-order chi connectivity index (χ0) is 24.5. The van der Waals surface area contributed by atoms with Crippen LogP contribution in [0.3, 0.4) is 0 Å². The maximum atomic E-state index is 13.3. The molecular weight excluding hydrogens is 440 g/mol. The summed E-state index contributed by atoms with van der Waals surface area (Å²) in [7, 11) is 7.87. The minimum Gasteiger partial charge on any atom is -0.496 e. The molecule has 0 spiro atoms. The SMILES string of the molecule is COc1cc(N2CCC(N(C)C)CC2)ccc1-c1nc2c(c(C3CCCCCC3)nn2C)c(=O)[nH]1. The Balaban J connectivity index is 1.47. The molecule has 8 nitrogen and oxygen atoms in total. The first-order valence-corrected chi connectivity index (χ1v) is 13.0. The lowest BCUT2D eigenvalue weighted by Gasteiger charge is -2.36. The van der Waals surface area contributed by atoms with Crippen LogP contribution in [-0.4, -0.2) is 65.0 Å². The second-order valence-electron chi connectivity index (χ2n) is 10.4. The zero-order valence-corrected chi connectivity index (χ0v) is 21.5. The minimum absolute atomic E-state index is 0.116. The number of benzene rings is 1. The fourth-order valence-corrected chi connectivity index (χ4v) is 5.86. The van der Waals surface area contributed by atoms with Gasteiger partial charge < -0.3 is 19.5 Å². The van der Waals surface area contributed by atoms with E-state index in [1.54, 1.807) is 11.8 Å². The summed E-state index contributed by atoms with van der Waals surface area (Å²) in [5, 5.41) is 5.42. The third-order valence-electron chi connectivity index (χ3n) is 7.96. The second-order valence-corrected chi connectivity index (χ2v) is 10.4. The molecule has 2 aliphatic rings. The van der Waals surface area contributed by atoms with Crippen LogP contribution in [0.1, 0.15) is 63.0 Å². The van der Waals surface area contributed by atoms with Gasteiger partial charge in [0.25, 0.3) is 5.56 Å². The molecule has 1 saturated carbocycles. The van der Waals surface area contributed by atoms with E-state index in [1.807, 2.05) is 13.1 Å². The van der Waals surface area contributed by atoms with Crippen LogP contribution >= 0.6 is 0 Å². The Morgan fingerprint density at radius 2 is 1.77 bits per heavy atom. The molecule has 0 radical (unpaired) electrons. The maximum absolute atomic E-state index is 13.3. The molecule has 1 saturated heterocycles. The van der Waals surface area contributed by atoms with Crippen molar-refractivity contribution in [2.24, 2.45) is 7.05 Å². The van der Waals surface area contributed by atoms with Crippen LogP contribution in [0.5, 0.6) is 5.75 Å². The summed E-state index contributed by atoms with van der Waals surface area (Å²) in [6.07, 6.45) is 9.40. The Labute approximate surface area is 207 Å². The molecule has 3 aromatic rings. The summed E-state index contributed by atoms with van der Waals surface area (Å²) in [6.45, 7) is 2.04. The van der Waals surface area contributed by atoms with Gasteiger partial charge in [-0.1, -0.05) is 25.7 Å².